The molecule has 4 aromatic rings. The molecule has 0 aliphatic carbocycles. The van der Waals surface area contributed by atoms with Gasteiger partial charge in [-0.25, -0.2) is 9.97 Å². The van der Waals surface area contributed by atoms with Crippen molar-refractivity contribution in [1.82, 2.24) is 39.7 Å². The zero-order valence-electron chi connectivity index (χ0n) is 20.7. The number of imidazole rings is 2. The topological polar surface area (TPSA) is 164 Å². The first-order valence-electron chi connectivity index (χ1n) is 12.2. The van der Waals surface area contributed by atoms with Crippen molar-refractivity contribution in [2.24, 2.45) is 0 Å². The van der Waals surface area contributed by atoms with Gasteiger partial charge in [-0.05, 0) is 24.3 Å². The zero-order chi connectivity index (χ0) is 26.7. The van der Waals surface area contributed by atoms with Crippen molar-refractivity contribution in [2.75, 3.05) is 13.1 Å². The van der Waals surface area contributed by atoms with Crippen molar-refractivity contribution in [2.45, 2.75) is 38.0 Å². The zero-order valence-corrected chi connectivity index (χ0v) is 20.7. The van der Waals surface area contributed by atoms with Crippen molar-refractivity contribution in [3.8, 4) is 0 Å². The van der Waals surface area contributed by atoms with Crippen LogP contribution in [0.2, 0.25) is 0 Å². The normalized spacial score (nSPS) is 13.0. The van der Waals surface area contributed by atoms with Gasteiger partial charge in [0.05, 0.1) is 24.0 Å². The molecule has 0 radical (unpaired) electrons. The van der Waals surface area contributed by atoms with Crippen LogP contribution in [0.1, 0.15) is 22.8 Å². The highest BCUT2D eigenvalue weighted by Gasteiger charge is 2.31. The van der Waals surface area contributed by atoms with E-state index >= 15 is 0 Å². The number of hydrogen-bond donors (Lipinski definition) is 4. The molecule has 0 fully saturated rings. The molecule has 4 N–H and O–H groups in total. The molecule has 4 heterocycles. The number of nitrogens with zero attached hydrogens (tertiary/aromatic N) is 6. The van der Waals surface area contributed by atoms with Gasteiger partial charge in [-0.2, -0.15) is 0 Å². The Balaban J connectivity index is 1.60. The van der Waals surface area contributed by atoms with E-state index < -0.39 is 24.0 Å². The molecule has 0 saturated carbocycles. The van der Waals surface area contributed by atoms with E-state index in [4.69, 9.17) is 0 Å². The van der Waals surface area contributed by atoms with Gasteiger partial charge < -0.3 is 20.2 Å². The summed E-state index contributed by atoms with van der Waals surface area (Å²) in [5.74, 6) is -1.97. The molecule has 2 atom stereocenters. The van der Waals surface area contributed by atoms with Gasteiger partial charge in [0.2, 0.25) is 0 Å². The van der Waals surface area contributed by atoms with Crippen molar-refractivity contribution < 1.29 is 19.8 Å². The van der Waals surface area contributed by atoms with Crippen LogP contribution in [0.4, 0.5) is 0 Å². The van der Waals surface area contributed by atoms with Crippen LogP contribution in [0.25, 0.3) is 0 Å². The van der Waals surface area contributed by atoms with E-state index in [1.807, 2.05) is 34.1 Å². The molecule has 0 aromatic carbocycles. The Labute approximate surface area is 219 Å². The number of pyridine rings is 2. The van der Waals surface area contributed by atoms with E-state index in [0.717, 1.165) is 0 Å². The number of nitrogens with one attached hydrogen (secondary N) is 2. The average molecular weight is 519 g/mol. The summed E-state index contributed by atoms with van der Waals surface area (Å²) in [5, 5.41) is 20.3. The number of aromatic nitrogens is 6. The van der Waals surface area contributed by atoms with E-state index in [2.05, 4.69) is 29.9 Å². The van der Waals surface area contributed by atoms with E-state index in [9.17, 15) is 19.8 Å². The van der Waals surface area contributed by atoms with Crippen LogP contribution < -0.4 is 0 Å². The number of carboxylic acid groups (broad SMARTS) is 2. The largest absolute Gasteiger partial charge is 0.480 e. The third-order valence-electron chi connectivity index (χ3n) is 6.24. The monoisotopic (exact) mass is 518 g/mol. The second kappa shape index (κ2) is 13.2. The maximum Gasteiger partial charge on any atom is 0.321 e. The first kappa shape index (κ1) is 26.6. The number of carboxylic acids is 2. The number of aromatic amines is 2. The number of H-pyrrole nitrogens is 2. The Morgan fingerprint density at radius 2 is 1.18 bits per heavy atom. The Morgan fingerprint density at radius 1 is 0.737 bits per heavy atom. The molecule has 0 saturated heterocycles. The highest BCUT2D eigenvalue weighted by Crippen LogP contribution is 2.16. The molecule has 12 nitrogen and oxygen atoms in total. The first-order valence-corrected chi connectivity index (χ1v) is 12.2. The lowest BCUT2D eigenvalue weighted by Gasteiger charge is -2.33. The van der Waals surface area contributed by atoms with E-state index in [-0.39, 0.29) is 39.0 Å². The Hall–Kier alpha value is -4.42. The first-order chi connectivity index (χ1) is 18.5. The van der Waals surface area contributed by atoms with Gasteiger partial charge in [0.1, 0.15) is 12.1 Å². The second-order valence-corrected chi connectivity index (χ2v) is 8.85. The molecular formula is C26H30N8O4. The molecule has 4 aromatic heterocycles. The van der Waals surface area contributed by atoms with Crippen molar-refractivity contribution in [1.29, 1.82) is 0 Å². The van der Waals surface area contributed by atoms with Crippen LogP contribution in [0, 0.1) is 0 Å². The molecule has 12 heteroatoms. The lowest BCUT2D eigenvalue weighted by atomic mass is 10.1. The molecule has 0 aliphatic heterocycles. The minimum atomic E-state index is -0.987. The van der Waals surface area contributed by atoms with Crippen molar-refractivity contribution in [3.05, 3.63) is 96.6 Å². The number of rotatable bonds is 15. The summed E-state index contributed by atoms with van der Waals surface area (Å²) < 4.78 is 0. The molecular weight excluding hydrogens is 488 g/mol. The van der Waals surface area contributed by atoms with Crippen LogP contribution in [0.3, 0.4) is 0 Å². The van der Waals surface area contributed by atoms with Crippen LogP contribution in [0.5, 0.6) is 0 Å². The molecule has 0 amide bonds. The van der Waals surface area contributed by atoms with Crippen LogP contribution in [-0.2, 0) is 35.5 Å². The molecule has 0 aliphatic rings. The molecule has 198 valence electrons. The predicted octanol–water partition coefficient (Wildman–Crippen LogP) is 1.62. The molecule has 0 spiro atoms. The van der Waals surface area contributed by atoms with Crippen LogP contribution >= 0.6 is 0 Å². The fraction of sp³-hybridized carbons (Fsp3) is 0.308. The Kier molecular flexibility index (Phi) is 9.27. The van der Waals surface area contributed by atoms with Crippen molar-refractivity contribution in [3.63, 3.8) is 0 Å². The number of hydrogen-bond acceptors (Lipinski definition) is 8. The third kappa shape index (κ3) is 7.54. The lowest BCUT2D eigenvalue weighted by molar-refractivity contribution is -0.146. The summed E-state index contributed by atoms with van der Waals surface area (Å²) in [6.07, 6.45) is 9.97. The highest BCUT2D eigenvalue weighted by atomic mass is 16.4. The van der Waals surface area contributed by atoms with E-state index in [1.165, 1.54) is 12.7 Å². The fourth-order valence-electron chi connectivity index (χ4n) is 4.30. The Bertz CT molecular complexity index is 1150. The van der Waals surface area contributed by atoms with Gasteiger partial charge in [-0.1, -0.05) is 12.1 Å². The van der Waals surface area contributed by atoms with E-state index in [1.54, 1.807) is 36.9 Å². The summed E-state index contributed by atoms with van der Waals surface area (Å²) in [6, 6.07) is 9.21. The maximum atomic E-state index is 12.4. The average Bonchev–Trinajstić information content (AvgIpc) is 3.63. The highest BCUT2D eigenvalue weighted by molar-refractivity contribution is 5.74. The fourth-order valence-corrected chi connectivity index (χ4v) is 4.30. The summed E-state index contributed by atoms with van der Waals surface area (Å²) in [5.41, 5.74) is 2.81. The Morgan fingerprint density at radius 3 is 1.50 bits per heavy atom. The molecule has 38 heavy (non-hydrogen) atoms. The van der Waals surface area contributed by atoms with Gasteiger partial charge in [-0.15, -0.1) is 0 Å². The second-order valence-electron chi connectivity index (χ2n) is 8.85. The summed E-state index contributed by atoms with van der Waals surface area (Å²) in [7, 11) is 0. The van der Waals surface area contributed by atoms with Gasteiger partial charge in [0.15, 0.2) is 0 Å². The molecule has 0 unspecified atom stereocenters. The van der Waals surface area contributed by atoms with Crippen LogP contribution in [-0.4, -0.2) is 87.0 Å². The van der Waals surface area contributed by atoms with E-state index in [0.29, 0.717) is 22.8 Å². The summed E-state index contributed by atoms with van der Waals surface area (Å²) in [4.78, 5) is 51.2. The van der Waals surface area contributed by atoms with Gasteiger partial charge >= 0.3 is 11.9 Å². The third-order valence-corrected chi connectivity index (χ3v) is 6.24. The smallest absolute Gasteiger partial charge is 0.321 e. The molecule has 4 rings (SSSR count). The number of aliphatic carboxylic acids is 2. The van der Waals surface area contributed by atoms with Crippen LogP contribution in [0.15, 0.2) is 73.8 Å². The quantitative estimate of drug-likeness (QED) is 0.182. The summed E-state index contributed by atoms with van der Waals surface area (Å²) in [6.45, 7) is 1.12. The SMILES string of the molecule is O=C(O)[C@H](Cc1cnc[nH]1)N(CCN(Cc1ccccn1)[C@@H](Cc1cnc[nH]1)C(=O)O)Cc1ccccn1. The predicted molar refractivity (Wildman–Crippen MR) is 137 cm³/mol. The minimum Gasteiger partial charge on any atom is -0.480 e. The standard InChI is InChI=1S/C26H30N8O4/c35-25(36)23(11-21-13-27-17-31-21)33(15-19-5-1-3-7-29-19)9-10-34(16-20-6-2-4-8-30-20)24(26(37)38)12-22-14-28-18-32-22/h1-8,13-14,17-18,23-24H,9-12,15-16H2,(H,27,31)(H,28,32)(H,35,36)(H,37,38)/t23-,24-/m0/s1. The molecule has 0 bridgehead atoms. The van der Waals surface area contributed by atoms with Crippen molar-refractivity contribution >= 4 is 11.9 Å². The lowest BCUT2D eigenvalue weighted by Crippen LogP contribution is -2.49. The minimum absolute atomic E-state index is 0.207. The maximum absolute atomic E-state index is 12.4. The van der Waals surface area contributed by atoms with Gasteiger partial charge in [0, 0.05) is 75.2 Å². The van der Waals surface area contributed by atoms with Gasteiger partial charge in [-0.3, -0.25) is 29.4 Å². The summed E-state index contributed by atoms with van der Waals surface area (Å²) >= 11 is 0. The number of carbonyl (C=O) groups is 2. The van der Waals surface area contributed by atoms with Gasteiger partial charge in [0.25, 0.3) is 0 Å².